The fourth-order valence-corrected chi connectivity index (χ4v) is 5.45. The highest BCUT2D eigenvalue weighted by Crippen LogP contribution is 2.28. The van der Waals surface area contributed by atoms with Gasteiger partial charge in [0.05, 0.1) is 9.79 Å². The lowest BCUT2D eigenvalue weighted by Gasteiger charge is -2.19. The van der Waals surface area contributed by atoms with Crippen molar-refractivity contribution in [3.8, 4) is 0 Å². The molecule has 0 bridgehead atoms. The van der Waals surface area contributed by atoms with E-state index < -0.39 is 19.9 Å². The average molecular weight is 444 g/mol. The standard InChI is InChI=1S/C23H25NO4S2/c1-18-13-14-21(29(2,25)26)17-23(18)30(27,28)24-16-15-22(19-9-5-3-6-10-19)20-11-7-4-8-12-20/h3-14,17,22,24H,15-16H2,1-2H3. The first-order valence-electron chi connectivity index (χ1n) is 9.59. The van der Waals surface area contributed by atoms with E-state index in [4.69, 9.17) is 0 Å². The minimum atomic E-state index is -3.85. The predicted molar refractivity (Wildman–Crippen MR) is 119 cm³/mol. The molecule has 0 heterocycles. The van der Waals surface area contributed by atoms with Gasteiger partial charge in [-0.3, -0.25) is 0 Å². The van der Waals surface area contributed by atoms with Crippen LogP contribution in [0.5, 0.6) is 0 Å². The van der Waals surface area contributed by atoms with Gasteiger partial charge in [0.2, 0.25) is 10.0 Å². The van der Waals surface area contributed by atoms with Gasteiger partial charge in [0.25, 0.3) is 0 Å². The first-order valence-corrected chi connectivity index (χ1v) is 13.0. The molecule has 0 aliphatic rings. The zero-order chi connectivity index (χ0) is 21.8. The molecule has 0 unspecified atom stereocenters. The van der Waals surface area contributed by atoms with Crippen LogP contribution in [0.1, 0.15) is 29.0 Å². The summed E-state index contributed by atoms with van der Waals surface area (Å²) in [5.41, 5.74) is 2.72. The number of sulfonamides is 1. The molecule has 7 heteroatoms. The molecule has 30 heavy (non-hydrogen) atoms. The maximum absolute atomic E-state index is 12.9. The third-order valence-electron chi connectivity index (χ3n) is 5.01. The van der Waals surface area contributed by atoms with Gasteiger partial charge < -0.3 is 0 Å². The molecular weight excluding hydrogens is 418 g/mol. The molecule has 1 N–H and O–H groups in total. The number of rotatable bonds is 8. The van der Waals surface area contributed by atoms with Crippen molar-refractivity contribution >= 4 is 19.9 Å². The SMILES string of the molecule is Cc1ccc(S(C)(=O)=O)cc1S(=O)(=O)NCCC(c1ccccc1)c1ccccc1. The van der Waals surface area contributed by atoms with Crippen LogP contribution in [0, 0.1) is 6.92 Å². The summed E-state index contributed by atoms with van der Waals surface area (Å²) < 4.78 is 52.1. The van der Waals surface area contributed by atoms with Crippen LogP contribution in [0.2, 0.25) is 0 Å². The molecular formula is C23H25NO4S2. The Morgan fingerprint density at radius 1 is 0.800 bits per heavy atom. The van der Waals surface area contributed by atoms with Crippen LogP contribution in [-0.2, 0) is 19.9 Å². The molecule has 3 rings (SSSR count). The Hall–Kier alpha value is -2.48. The predicted octanol–water partition coefficient (Wildman–Crippen LogP) is 3.90. The van der Waals surface area contributed by atoms with E-state index in [2.05, 4.69) is 4.72 Å². The number of benzene rings is 3. The lowest BCUT2D eigenvalue weighted by molar-refractivity contribution is 0.574. The maximum atomic E-state index is 12.9. The normalized spacial score (nSPS) is 12.2. The molecule has 5 nitrogen and oxygen atoms in total. The Morgan fingerprint density at radius 2 is 1.33 bits per heavy atom. The lowest BCUT2D eigenvalue weighted by Crippen LogP contribution is -2.27. The van der Waals surface area contributed by atoms with Gasteiger partial charge in [0, 0.05) is 18.7 Å². The first kappa shape index (κ1) is 22.2. The van der Waals surface area contributed by atoms with Crippen LogP contribution in [0.4, 0.5) is 0 Å². The molecule has 0 spiro atoms. The molecule has 0 aromatic heterocycles. The van der Waals surface area contributed by atoms with Gasteiger partial charge in [-0.1, -0.05) is 66.7 Å². The van der Waals surface area contributed by atoms with E-state index >= 15 is 0 Å². The second-order valence-corrected chi connectivity index (χ2v) is 11.0. The molecule has 0 radical (unpaired) electrons. The van der Waals surface area contributed by atoms with E-state index in [1.807, 2.05) is 60.7 Å². The van der Waals surface area contributed by atoms with E-state index in [1.54, 1.807) is 6.92 Å². The third-order valence-corrected chi connectivity index (χ3v) is 7.72. The summed E-state index contributed by atoms with van der Waals surface area (Å²) in [6.07, 6.45) is 1.63. The zero-order valence-corrected chi connectivity index (χ0v) is 18.6. The molecule has 0 amide bonds. The number of sulfone groups is 1. The quantitative estimate of drug-likeness (QED) is 0.573. The van der Waals surface area contributed by atoms with Gasteiger partial charge in [0.15, 0.2) is 9.84 Å². The summed E-state index contributed by atoms with van der Waals surface area (Å²) >= 11 is 0. The van der Waals surface area contributed by atoms with Crippen molar-refractivity contribution in [2.24, 2.45) is 0 Å². The molecule has 3 aromatic carbocycles. The van der Waals surface area contributed by atoms with Crippen LogP contribution in [0.3, 0.4) is 0 Å². The molecule has 0 saturated heterocycles. The monoisotopic (exact) mass is 443 g/mol. The largest absolute Gasteiger partial charge is 0.240 e. The van der Waals surface area contributed by atoms with Gasteiger partial charge in [-0.25, -0.2) is 21.6 Å². The van der Waals surface area contributed by atoms with Gasteiger partial charge >= 0.3 is 0 Å². The Balaban J connectivity index is 1.81. The van der Waals surface area contributed by atoms with Crippen molar-refractivity contribution in [2.45, 2.75) is 29.1 Å². The fourth-order valence-electron chi connectivity index (χ4n) is 3.41. The first-order chi connectivity index (χ1) is 14.2. The zero-order valence-electron chi connectivity index (χ0n) is 16.9. The van der Waals surface area contributed by atoms with Gasteiger partial charge in [-0.2, -0.15) is 0 Å². The van der Waals surface area contributed by atoms with E-state index in [9.17, 15) is 16.8 Å². The van der Waals surface area contributed by atoms with Crippen molar-refractivity contribution < 1.29 is 16.8 Å². The summed E-state index contributed by atoms with van der Waals surface area (Å²) in [6, 6.07) is 24.1. The van der Waals surface area contributed by atoms with Crippen molar-refractivity contribution in [3.05, 3.63) is 95.6 Å². The highest BCUT2D eigenvalue weighted by atomic mass is 32.2. The van der Waals surface area contributed by atoms with Crippen LogP contribution < -0.4 is 4.72 Å². The second-order valence-electron chi connectivity index (χ2n) is 7.26. The van der Waals surface area contributed by atoms with E-state index in [-0.39, 0.29) is 22.3 Å². The second kappa shape index (κ2) is 9.12. The number of hydrogen-bond acceptors (Lipinski definition) is 4. The van der Waals surface area contributed by atoms with Crippen molar-refractivity contribution in [1.82, 2.24) is 4.72 Å². The van der Waals surface area contributed by atoms with Gasteiger partial charge in [-0.15, -0.1) is 0 Å². The summed E-state index contributed by atoms with van der Waals surface area (Å²) in [4.78, 5) is -0.0266. The minimum Gasteiger partial charge on any atom is -0.224 e. The van der Waals surface area contributed by atoms with Crippen LogP contribution >= 0.6 is 0 Å². The Kier molecular flexibility index (Phi) is 6.75. The third kappa shape index (κ3) is 5.36. The Bertz CT molecular complexity index is 1170. The number of hydrogen-bond donors (Lipinski definition) is 1. The van der Waals surface area contributed by atoms with E-state index in [1.165, 1.54) is 18.2 Å². The smallest absolute Gasteiger partial charge is 0.224 e. The summed E-state index contributed by atoms with van der Waals surface area (Å²) in [5, 5.41) is 0. The van der Waals surface area contributed by atoms with Crippen molar-refractivity contribution in [3.63, 3.8) is 0 Å². The highest BCUT2D eigenvalue weighted by Gasteiger charge is 2.21. The average Bonchev–Trinajstić information content (AvgIpc) is 2.72. The fraction of sp³-hybridized carbons (Fsp3) is 0.217. The van der Waals surface area contributed by atoms with Crippen molar-refractivity contribution in [2.75, 3.05) is 12.8 Å². The lowest BCUT2D eigenvalue weighted by atomic mass is 9.89. The van der Waals surface area contributed by atoms with Crippen LogP contribution in [0.15, 0.2) is 88.7 Å². The number of nitrogens with one attached hydrogen (secondary N) is 1. The molecule has 0 fully saturated rings. The van der Waals surface area contributed by atoms with Gasteiger partial charge in [0.1, 0.15) is 0 Å². The van der Waals surface area contributed by atoms with Crippen LogP contribution in [0.25, 0.3) is 0 Å². The van der Waals surface area contributed by atoms with Gasteiger partial charge in [-0.05, 0) is 42.2 Å². The molecule has 0 saturated carbocycles. The molecule has 0 aliphatic carbocycles. The van der Waals surface area contributed by atoms with Crippen LogP contribution in [-0.4, -0.2) is 29.6 Å². The van der Waals surface area contributed by atoms with E-state index in [0.717, 1.165) is 17.4 Å². The molecule has 3 aromatic rings. The summed E-state index contributed by atoms with van der Waals surface area (Å²) in [7, 11) is -7.35. The molecule has 0 aliphatic heterocycles. The Labute approximate surface area is 178 Å². The highest BCUT2D eigenvalue weighted by molar-refractivity contribution is 7.91. The van der Waals surface area contributed by atoms with Crippen molar-refractivity contribution in [1.29, 1.82) is 0 Å². The minimum absolute atomic E-state index is 0.0126. The summed E-state index contributed by atoms with van der Waals surface area (Å²) in [5.74, 6) is 0.0403. The molecule has 0 atom stereocenters. The Morgan fingerprint density at radius 3 is 1.83 bits per heavy atom. The topological polar surface area (TPSA) is 80.3 Å². The summed E-state index contributed by atoms with van der Waals surface area (Å²) in [6.45, 7) is 1.87. The number of aryl methyl sites for hydroxylation is 1. The van der Waals surface area contributed by atoms with E-state index in [0.29, 0.717) is 12.0 Å². The molecule has 158 valence electrons. The maximum Gasteiger partial charge on any atom is 0.240 e.